The van der Waals surface area contributed by atoms with Gasteiger partial charge in [-0.2, -0.15) is 12.6 Å². The zero-order chi connectivity index (χ0) is 9.78. The van der Waals surface area contributed by atoms with Crippen LogP contribution < -0.4 is 5.73 Å². The fourth-order valence-corrected chi connectivity index (χ4v) is 1.42. The number of thiol groups is 1. The predicted molar refractivity (Wildman–Crippen MR) is 64.4 cm³/mol. The first kappa shape index (κ1) is 13.1. The quantitative estimate of drug-likeness (QED) is 0.334. The molecule has 13 heavy (non-hydrogen) atoms. The summed E-state index contributed by atoms with van der Waals surface area (Å²) in [6.45, 7) is 0.829. The lowest BCUT2D eigenvalue weighted by atomic mass is 10.1. The van der Waals surface area contributed by atoms with Crippen molar-refractivity contribution >= 4 is 12.6 Å². The van der Waals surface area contributed by atoms with Gasteiger partial charge in [0, 0.05) is 0 Å². The molecule has 2 N–H and O–H groups in total. The maximum atomic E-state index is 5.39. The first-order valence-corrected chi connectivity index (χ1v) is 6.01. The van der Waals surface area contributed by atoms with E-state index in [-0.39, 0.29) is 0 Å². The Kier molecular flexibility index (Phi) is 12.1. The van der Waals surface area contributed by atoms with E-state index in [9.17, 15) is 0 Å². The molecule has 0 aromatic carbocycles. The molecule has 0 aliphatic rings. The third-order valence-electron chi connectivity index (χ3n) is 2.02. The van der Waals surface area contributed by atoms with E-state index < -0.39 is 0 Å². The highest BCUT2D eigenvalue weighted by atomic mass is 32.1. The Labute approximate surface area is 88.2 Å². The van der Waals surface area contributed by atoms with Crippen LogP contribution in [0, 0.1) is 0 Å². The Bertz CT molecular complexity index is 113. The van der Waals surface area contributed by atoms with Gasteiger partial charge in [0.05, 0.1) is 0 Å². The molecule has 0 fully saturated rings. The number of hydrogen-bond donors (Lipinski definition) is 2. The smallest absolute Gasteiger partial charge is 0.00772 e. The minimum absolute atomic E-state index is 0.829. The van der Waals surface area contributed by atoms with E-state index in [2.05, 4.69) is 24.8 Å². The van der Waals surface area contributed by atoms with Crippen LogP contribution >= 0.6 is 12.6 Å². The molecular weight excluding hydrogens is 178 g/mol. The average molecular weight is 201 g/mol. The third-order valence-corrected chi connectivity index (χ3v) is 2.34. The first-order valence-electron chi connectivity index (χ1n) is 5.37. The van der Waals surface area contributed by atoms with Gasteiger partial charge < -0.3 is 5.73 Å². The lowest BCUT2D eigenvalue weighted by molar-refractivity contribution is 0.728. The van der Waals surface area contributed by atoms with Crippen molar-refractivity contribution in [3.05, 3.63) is 12.2 Å². The molecule has 0 heterocycles. The van der Waals surface area contributed by atoms with Crippen molar-refractivity contribution in [3.63, 3.8) is 0 Å². The molecule has 2 heteroatoms. The third kappa shape index (κ3) is 12.1. The summed E-state index contributed by atoms with van der Waals surface area (Å²) in [7, 11) is 0. The largest absolute Gasteiger partial charge is 0.330 e. The van der Waals surface area contributed by atoms with Gasteiger partial charge in [0.1, 0.15) is 0 Å². The zero-order valence-electron chi connectivity index (χ0n) is 8.54. The van der Waals surface area contributed by atoms with E-state index in [4.69, 9.17) is 5.73 Å². The molecule has 0 aliphatic heterocycles. The lowest BCUT2D eigenvalue weighted by Crippen LogP contribution is -1.96. The van der Waals surface area contributed by atoms with Crippen LogP contribution in [0.4, 0.5) is 0 Å². The molecule has 0 aromatic rings. The average Bonchev–Trinajstić information content (AvgIpc) is 2.16. The molecule has 0 aliphatic carbocycles. The Morgan fingerprint density at radius 1 is 0.846 bits per heavy atom. The molecule has 0 saturated carbocycles. The van der Waals surface area contributed by atoms with Crippen molar-refractivity contribution in [1.29, 1.82) is 0 Å². The molecule has 0 atom stereocenters. The highest BCUT2D eigenvalue weighted by Gasteiger charge is 1.85. The first-order chi connectivity index (χ1) is 6.41. The van der Waals surface area contributed by atoms with E-state index in [1.807, 2.05) is 0 Å². The summed E-state index contributed by atoms with van der Waals surface area (Å²) >= 11 is 4.17. The summed E-state index contributed by atoms with van der Waals surface area (Å²) in [5, 5.41) is 0. The molecule has 0 amide bonds. The van der Waals surface area contributed by atoms with Gasteiger partial charge in [-0.1, -0.05) is 18.6 Å². The van der Waals surface area contributed by atoms with Crippen molar-refractivity contribution in [2.45, 2.75) is 44.9 Å². The standard InChI is InChI=1S/C11H23NS/c12-10-8-6-4-2-1-3-5-7-9-11-13/h1-2,13H,3-12H2/b2-1-. The zero-order valence-corrected chi connectivity index (χ0v) is 9.44. The number of allylic oxidation sites excluding steroid dienone is 2. The number of rotatable bonds is 9. The number of unbranched alkanes of at least 4 members (excludes halogenated alkanes) is 5. The van der Waals surface area contributed by atoms with E-state index in [1.54, 1.807) is 0 Å². The van der Waals surface area contributed by atoms with Crippen molar-refractivity contribution in [3.8, 4) is 0 Å². The van der Waals surface area contributed by atoms with Gasteiger partial charge in [0.2, 0.25) is 0 Å². The van der Waals surface area contributed by atoms with Crippen LogP contribution in [0.5, 0.6) is 0 Å². The molecule has 0 saturated heterocycles. The Morgan fingerprint density at radius 3 is 2.00 bits per heavy atom. The Balaban J connectivity index is 2.95. The summed E-state index contributed by atoms with van der Waals surface area (Å²) in [4.78, 5) is 0. The second-order valence-corrected chi connectivity index (χ2v) is 3.78. The van der Waals surface area contributed by atoms with Crippen LogP contribution in [-0.4, -0.2) is 12.3 Å². The summed E-state index contributed by atoms with van der Waals surface area (Å²) in [5.41, 5.74) is 5.39. The van der Waals surface area contributed by atoms with Crippen molar-refractivity contribution in [2.75, 3.05) is 12.3 Å². The van der Waals surface area contributed by atoms with E-state index in [0.717, 1.165) is 18.7 Å². The van der Waals surface area contributed by atoms with Gasteiger partial charge in [-0.15, -0.1) is 0 Å². The van der Waals surface area contributed by atoms with E-state index in [0.29, 0.717) is 0 Å². The Morgan fingerprint density at radius 2 is 1.46 bits per heavy atom. The molecule has 0 rings (SSSR count). The van der Waals surface area contributed by atoms with Gasteiger partial charge in [0.25, 0.3) is 0 Å². The van der Waals surface area contributed by atoms with Gasteiger partial charge in [-0.05, 0) is 50.8 Å². The fourth-order valence-electron chi connectivity index (χ4n) is 1.19. The summed E-state index contributed by atoms with van der Waals surface area (Å²) in [6.07, 6.45) is 13.3. The highest BCUT2D eigenvalue weighted by Crippen LogP contribution is 2.03. The van der Waals surface area contributed by atoms with Gasteiger partial charge in [-0.3, -0.25) is 0 Å². The molecule has 1 nitrogen and oxygen atoms in total. The van der Waals surface area contributed by atoms with Gasteiger partial charge >= 0.3 is 0 Å². The Hall–Kier alpha value is 0.0500. The maximum Gasteiger partial charge on any atom is -0.00772 e. The second-order valence-electron chi connectivity index (χ2n) is 3.33. The van der Waals surface area contributed by atoms with Crippen LogP contribution in [0.25, 0.3) is 0 Å². The molecule has 0 bridgehead atoms. The van der Waals surface area contributed by atoms with Crippen LogP contribution in [0.15, 0.2) is 12.2 Å². The van der Waals surface area contributed by atoms with Crippen molar-refractivity contribution in [2.24, 2.45) is 5.73 Å². The topological polar surface area (TPSA) is 26.0 Å². The highest BCUT2D eigenvalue weighted by molar-refractivity contribution is 7.80. The summed E-state index contributed by atoms with van der Waals surface area (Å²) in [5.74, 6) is 1.03. The normalized spacial score (nSPS) is 11.2. The predicted octanol–water partition coefficient (Wildman–Crippen LogP) is 3.16. The van der Waals surface area contributed by atoms with Crippen LogP contribution in [0.3, 0.4) is 0 Å². The van der Waals surface area contributed by atoms with Crippen LogP contribution in [0.1, 0.15) is 44.9 Å². The SMILES string of the molecule is NCCCC/C=C\CCCCCS. The summed E-state index contributed by atoms with van der Waals surface area (Å²) < 4.78 is 0. The second kappa shape index (κ2) is 12.0. The number of hydrogen-bond acceptors (Lipinski definition) is 2. The van der Waals surface area contributed by atoms with Gasteiger partial charge in [0.15, 0.2) is 0 Å². The van der Waals surface area contributed by atoms with Crippen molar-refractivity contribution in [1.82, 2.24) is 0 Å². The molecular formula is C11H23NS. The minimum atomic E-state index is 0.829. The molecule has 0 radical (unpaired) electrons. The van der Waals surface area contributed by atoms with Crippen molar-refractivity contribution < 1.29 is 0 Å². The molecule has 0 aromatic heterocycles. The van der Waals surface area contributed by atoms with Crippen LogP contribution in [-0.2, 0) is 0 Å². The van der Waals surface area contributed by atoms with E-state index in [1.165, 1.54) is 38.5 Å². The lowest BCUT2D eigenvalue weighted by Gasteiger charge is -1.94. The summed E-state index contributed by atoms with van der Waals surface area (Å²) in [6, 6.07) is 0. The number of nitrogens with two attached hydrogens (primary N) is 1. The maximum absolute atomic E-state index is 5.39. The molecule has 0 spiro atoms. The fraction of sp³-hybridized carbons (Fsp3) is 0.818. The molecule has 78 valence electrons. The van der Waals surface area contributed by atoms with E-state index >= 15 is 0 Å². The molecule has 0 unspecified atom stereocenters. The minimum Gasteiger partial charge on any atom is -0.330 e. The van der Waals surface area contributed by atoms with Gasteiger partial charge in [-0.25, -0.2) is 0 Å². The monoisotopic (exact) mass is 201 g/mol. The van der Waals surface area contributed by atoms with Crippen LogP contribution in [0.2, 0.25) is 0 Å².